The number of allylic oxidation sites excluding steroid dienone is 4. The van der Waals surface area contributed by atoms with E-state index >= 15 is 0 Å². The number of aryl methyl sites for hydroxylation is 1. The van der Waals surface area contributed by atoms with Gasteiger partial charge in [0.25, 0.3) is 0 Å². The van der Waals surface area contributed by atoms with Crippen LogP contribution >= 0.6 is 0 Å². The van der Waals surface area contributed by atoms with Gasteiger partial charge < -0.3 is 0 Å². The molecule has 1 aromatic carbocycles. The molecular weight excluding hydrogens is 364 g/mol. The fourth-order valence-corrected chi connectivity index (χ4v) is 4.50. The van der Waals surface area contributed by atoms with Crippen LogP contribution in [0.3, 0.4) is 0 Å². The molecule has 0 aromatic heterocycles. The van der Waals surface area contributed by atoms with E-state index < -0.39 is 8.07 Å². The summed E-state index contributed by atoms with van der Waals surface area (Å²) in [4.78, 5) is 0. The Morgan fingerprint density at radius 3 is 2.52 bits per heavy atom. The van der Waals surface area contributed by atoms with Gasteiger partial charge in [-0.2, -0.15) is 0 Å². The third-order valence-corrected chi connectivity index (χ3v) is 7.90. The molecule has 0 N–H and O–H groups in total. The molecule has 29 heavy (non-hydrogen) atoms. The van der Waals surface area contributed by atoms with Crippen molar-refractivity contribution in [1.82, 2.24) is 0 Å². The topological polar surface area (TPSA) is 0 Å². The van der Waals surface area contributed by atoms with E-state index in [0.717, 1.165) is 19.3 Å². The molecule has 0 spiro atoms. The van der Waals surface area contributed by atoms with Crippen LogP contribution in [0.15, 0.2) is 60.3 Å². The normalized spacial score (nSPS) is 12.7. The molecule has 0 aliphatic carbocycles. The Morgan fingerprint density at radius 2 is 1.86 bits per heavy atom. The fraction of sp³-hybridized carbons (Fsp3) is 0.500. The molecule has 0 aliphatic heterocycles. The summed E-state index contributed by atoms with van der Waals surface area (Å²) in [6.07, 6.45) is 13.4. The summed E-state index contributed by atoms with van der Waals surface area (Å²) in [5.74, 6) is 6.39. The molecule has 158 valence electrons. The maximum atomic E-state index is 4.01. The number of rotatable bonds is 11. The van der Waals surface area contributed by atoms with Crippen LogP contribution in [0.25, 0.3) is 0 Å². The van der Waals surface area contributed by atoms with Crippen LogP contribution in [-0.2, 0) is 12.8 Å². The molecule has 0 atom stereocenters. The van der Waals surface area contributed by atoms with Crippen molar-refractivity contribution in [1.29, 1.82) is 0 Å². The van der Waals surface area contributed by atoms with E-state index in [1.54, 1.807) is 0 Å². The molecule has 0 amide bonds. The van der Waals surface area contributed by atoms with Crippen molar-refractivity contribution in [2.24, 2.45) is 5.41 Å². The largest absolute Gasteiger partial charge is 0.107 e. The van der Waals surface area contributed by atoms with E-state index in [9.17, 15) is 0 Å². The smallest absolute Gasteiger partial charge is 0.0709 e. The molecule has 0 aliphatic rings. The van der Waals surface area contributed by atoms with Crippen LogP contribution < -0.4 is 0 Å². The second-order valence-corrected chi connectivity index (χ2v) is 14.7. The van der Waals surface area contributed by atoms with Gasteiger partial charge in [0.2, 0.25) is 0 Å². The van der Waals surface area contributed by atoms with Crippen molar-refractivity contribution in [3.8, 4) is 11.8 Å². The zero-order chi connectivity index (χ0) is 21.8. The van der Waals surface area contributed by atoms with Crippen LogP contribution in [0.2, 0.25) is 19.1 Å². The zero-order valence-corrected chi connectivity index (χ0v) is 20.8. The first-order valence-electron chi connectivity index (χ1n) is 11.2. The van der Waals surface area contributed by atoms with E-state index in [1.807, 2.05) is 6.08 Å². The van der Waals surface area contributed by atoms with E-state index in [4.69, 9.17) is 0 Å². The minimum absolute atomic E-state index is 0.0730. The SMILES string of the molecule is C=C[Si](C)(C)CCCCc1cccc(C/C(=C/C/C=C/C#CC(C)(C)C)CC)c1. The second kappa shape index (κ2) is 12.7. The number of hydrogen-bond donors (Lipinski definition) is 0. The van der Waals surface area contributed by atoms with Crippen LogP contribution in [-0.4, -0.2) is 8.07 Å². The molecule has 1 rings (SSSR count). The van der Waals surface area contributed by atoms with Gasteiger partial charge in [-0.25, -0.2) is 0 Å². The third-order valence-electron chi connectivity index (χ3n) is 5.16. The van der Waals surface area contributed by atoms with Crippen molar-refractivity contribution in [3.05, 3.63) is 71.5 Å². The summed E-state index contributed by atoms with van der Waals surface area (Å²) >= 11 is 0. The van der Waals surface area contributed by atoms with E-state index in [-0.39, 0.29) is 5.41 Å². The third kappa shape index (κ3) is 12.4. The Kier molecular flexibility index (Phi) is 11.1. The van der Waals surface area contributed by atoms with Crippen molar-refractivity contribution in [2.75, 3.05) is 0 Å². The predicted octanol–water partition coefficient (Wildman–Crippen LogP) is 8.32. The zero-order valence-electron chi connectivity index (χ0n) is 19.8. The second-order valence-electron chi connectivity index (χ2n) is 9.77. The average Bonchev–Trinajstić information content (AvgIpc) is 2.66. The molecule has 0 radical (unpaired) electrons. The molecule has 0 bridgehead atoms. The Hall–Kier alpha value is -1.78. The predicted molar refractivity (Wildman–Crippen MR) is 135 cm³/mol. The highest BCUT2D eigenvalue weighted by atomic mass is 28.3. The van der Waals surface area contributed by atoms with Crippen LogP contribution in [0.4, 0.5) is 0 Å². The van der Waals surface area contributed by atoms with Gasteiger partial charge in [-0.1, -0.05) is 86.3 Å². The van der Waals surface area contributed by atoms with Gasteiger partial charge >= 0.3 is 0 Å². The summed E-state index contributed by atoms with van der Waals surface area (Å²) in [6.45, 7) is 17.5. The fourth-order valence-electron chi connectivity index (χ4n) is 3.13. The molecule has 0 nitrogen and oxygen atoms in total. The quantitative estimate of drug-likeness (QED) is 0.150. The molecule has 0 saturated carbocycles. The minimum Gasteiger partial charge on any atom is -0.107 e. The van der Waals surface area contributed by atoms with Crippen molar-refractivity contribution >= 4 is 8.07 Å². The number of unbranched alkanes of at least 4 members (excludes halogenated alkanes) is 1. The summed E-state index contributed by atoms with van der Waals surface area (Å²) in [6, 6.07) is 10.5. The van der Waals surface area contributed by atoms with Gasteiger partial charge in [0, 0.05) is 5.41 Å². The Labute approximate surface area is 182 Å². The molecule has 0 fully saturated rings. The van der Waals surface area contributed by atoms with Gasteiger partial charge in [0.1, 0.15) is 0 Å². The Balaban J connectivity index is 2.55. The highest BCUT2D eigenvalue weighted by Gasteiger charge is 2.14. The summed E-state index contributed by atoms with van der Waals surface area (Å²) in [5.41, 5.74) is 6.72. The highest BCUT2D eigenvalue weighted by molar-refractivity contribution is 6.82. The van der Waals surface area contributed by atoms with Gasteiger partial charge in [-0.15, -0.1) is 12.3 Å². The van der Waals surface area contributed by atoms with E-state index in [2.05, 4.69) is 101 Å². The van der Waals surface area contributed by atoms with Crippen molar-refractivity contribution in [2.45, 2.75) is 85.4 Å². The maximum absolute atomic E-state index is 4.01. The van der Waals surface area contributed by atoms with Crippen molar-refractivity contribution in [3.63, 3.8) is 0 Å². The van der Waals surface area contributed by atoms with Crippen molar-refractivity contribution < 1.29 is 0 Å². The van der Waals surface area contributed by atoms with Gasteiger partial charge in [0.05, 0.1) is 8.07 Å². The minimum atomic E-state index is -1.14. The lowest BCUT2D eigenvalue weighted by atomic mass is 9.98. The lowest BCUT2D eigenvalue weighted by Gasteiger charge is -2.16. The lowest BCUT2D eigenvalue weighted by Crippen LogP contribution is -2.21. The summed E-state index contributed by atoms with van der Waals surface area (Å²) < 4.78 is 0. The van der Waals surface area contributed by atoms with Gasteiger partial charge in [-0.05, 0) is 70.1 Å². The Bertz CT molecular complexity index is 744. The van der Waals surface area contributed by atoms with Crippen LogP contribution in [0.1, 0.15) is 64.5 Å². The molecule has 0 saturated heterocycles. The molecule has 0 heterocycles. The molecule has 1 aromatic rings. The lowest BCUT2D eigenvalue weighted by molar-refractivity contribution is 0.571. The first kappa shape index (κ1) is 25.3. The van der Waals surface area contributed by atoms with Crippen LogP contribution in [0.5, 0.6) is 0 Å². The molecular formula is C28H42Si. The molecule has 0 unspecified atom stereocenters. The highest BCUT2D eigenvalue weighted by Crippen LogP contribution is 2.18. The maximum Gasteiger partial charge on any atom is 0.0709 e. The average molecular weight is 407 g/mol. The standard InChI is InChI=1S/C28H42Si/c1-8-25(17-12-10-11-14-21-28(3,4)5)23-27-20-16-19-26(24-27)18-13-15-22-29(6,7)9-2/h9-11,16-17,19-20,24H,2,8,12-13,15,18,22-23H2,1,3-7H3/b11-10+,25-17+. The summed E-state index contributed by atoms with van der Waals surface area (Å²) in [5, 5.41) is 0. The Morgan fingerprint density at radius 1 is 1.14 bits per heavy atom. The first-order valence-corrected chi connectivity index (χ1v) is 14.5. The van der Waals surface area contributed by atoms with Crippen LogP contribution in [0, 0.1) is 17.3 Å². The van der Waals surface area contributed by atoms with Gasteiger partial charge in [0.15, 0.2) is 0 Å². The monoisotopic (exact) mass is 406 g/mol. The molecule has 1 heteroatoms. The number of hydrogen-bond acceptors (Lipinski definition) is 0. The van der Waals surface area contributed by atoms with E-state index in [1.165, 1.54) is 42.0 Å². The number of benzene rings is 1. The van der Waals surface area contributed by atoms with E-state index in [0.29, 0.717) is 0 Å². The van der Waals surface area contributed by atoms with Gasteiger partial charge in [-0.3, -0.25) is 0 Å². The first-order chi connectivity index (χ1) is 13.6. The summed E-state index contributed by atoms with van der Waals surface area (Å²) in [7, 11) is -1.14.